The molecule has 0 saturated heterocycles. The summed E-state index contributed by atoms with van der Waals surface area (Å²) >= 11 is 0. The lowest BCUT2D eigenvalue weighted by molar-refractivity contribution is -0.383. The number of rotatable bonds is 6. The summed E-state index contributed by atoms with van der Waals surface area (Å²) in [4.78, 5) is 22.2. The fraction of sp³-hybridized carbons (Fsp3) is 0.533. The van der Waals surface area contributed by atoms with Crippen LogP contribution >= 0.6 is 0 Å². The minimum absolute atomic E-state index is 0.0300. The molecule has 2 N–H and O–H groups in total. The number of benzene rings is 1. The maximum Gasteiger partial charge on any atom is 0.294 e. The zero-order valence-electron chi connectivity index (χ0n) is 11.9. The minimum atomic E-state index is -0.399. The zero-order chi connectivity index (χ0) is 14.8. The summed E-state index contributed by atoms with van der Waals surface area (Å²) in [6.45, 7) is 0.752. The van der Waals surface area contributed by atoms with Crippen LogP contribution in [-0.4, -0.2) is 17.4 Å². The van der Waals surface area contributed by atoms with E-state index in [9.17, 15) is 14.9 Å². The number of nitro groups is 1. The smallest absolute Gasteiger partial charge is 0.294 e. The first-order valence-electron chi connectivity index (χ1n) is 7.48. The molecular weight excluding hydrogens is 270 g/mol. The maximum atomic E-state index is 11.4. The van der Waals surface area contributed by atoms with E-state index in [0.29, 0.717) is 24.2 Å². The Bertz CT molecular complexity index is 582. The summed E-state index contributed by atoms with van der Waals surface area (Å²) in [5, 5.41) is 17.1. The fourth-order valence-corrected chi connectivity index (χ4v) is 2.73. The molecule has 1 amide bonds. The number of nitro benzene ring substituents is 1. The first-order valence-corrected chi connectivity index (χ1v) is 7.48. The number of nitrogens with zero attached hydrogens (tertiary/aromatic N) is 1. The highest BCUT2D eigenvalue weighted by Crippen LogP contribution is 2.35. The molecule has 1 saturated carbocycles. The first kappa shape index (κ1) is 13.9. The lowest BCUT2D eigenvalue weighted by atomic mass is 10.0. The van der Waals surface area contributed by atoms with Gasteiger partial charge in [0.2, 0.25) is 5.91 Å². The summed E-state index contributed by atoms with van der Waals surface area (Å²) in [6, 6.07) is 3.28. The Morgan fingerprint density at radius 3 is 2.86 bits per heavy atom. The van der Waals surface area contributed by atoms with Gasteiger partial charge in [0.1, 0.15) is 5.69 Å². The van der Waals surface area contributed by atoms with Crippen molar-refractivity contribution in [1.29, 1.82) is 0 Å². The number of aryl methyl sites for hydroxylation is 1. The maximum absolute atomic E-state index is 11.4. The highest BCUT2D eigenvalue weighted by Gasteiger charge is 2.23. The van der Waals surface area contributed by atoms with Gasteiger partial charge in [-0.25, -0.2) is 0 Å². The molecule has 0 atom stereocenters. The van der Waals surface area contributed by atoms with Crippen LogP contribution in [0.2, 0.25) is 0 Å². The van der Waals surface area contributed by atoms with Gasteiger partial charge in [-0.2, -0.15) is 0 Å². The largest absolute Gasteiger partial charge is 0.379 e. The minimum Gasteiger partial charge on any atom is -0.379 e. The molecule has 21 heavy (non-hydrogen) atoms. The molecule has 1 heterocycles. The molecule has 0 unspecified atom stereocenters. The van der Waals surface area contributed by atoms with E-state index in [0.717, 1.165) is 24.4 Å². The van der Waals surface area contributed by atoms with Crippen LogP contribution in [0.1, 0.15) is 37.7 Å². The van der Waals surface area contributed by atoms with E-state index in [1.54, 1.807) is 0 Å². The quantitative estimate of drug-likeness (QED) is 0.479. The van der Waals surface area contributed by atoms with Crippen molar-refractivity contribution in [1.82, 2.24) is 0 Å². The number of carbonyl (C=O) groups excluding carboxylic acids is 1. The van der Waals surface area contributed by atoms with E-state index in [1.807, 2.05) is 6.07 Å². The molecule has 1 fully saturated rings. The molecule has 6 heteroatoms. The molecule has 2 aliphatic rings. The lowest BCUT2D eigenvalue weighted by Gasteiger charge is -2.18. The van der Waals surface area contributed by atoms with Crippen LogP contribution in [0.25, 0.3) is 0 Å². The number of fused-ring (bicyclic) bond motifs is 1. The van der Waals surface area contributed by atoms with Gasteiger partial charge >= 0.3 is 0 Å². The molecule has 6 nitrogen and oxygen atoms in total. The van der Waals surface area contributed by atoms with Crippen LogP contribution < -0.4 is 10.6 Å². The van der Waals surface area contributed by atoms with E-state index in [-0.39, 0.29) is 11.6 Å². The molecule has 1 aromatic carbocycles. The van der Waals surface area contributed by atoms with E-state index < -0.39 is 4.92 Å². The second-order valence-electron chi connectivity index (χ2n) is 5.84. The van der Waals surface area contributed by atoms with Gasteiger partial charge in [-0.05, 0) is 36.8 Å². The number of nitrogens with one attached hydrogen (secondary N) is 2. The predicted octanol–water partition coefficient (Wildman–Crippen LogP) is 3.08. The number of hydrogen-bond donors (Lipinski definition) is 2. The summed E-state index contributed by atoms with van der Waals surface area (Å²) in [7, 11) is 0. The average molecular weight is 289 g/mol. The summed E-state index contributed by atoms with van der Waals surface area (Å²) < 4.78 is 0. The SMILES string of the molecule is O=C1CCc2cc(NCCCC3CC3)c([N+](=O)[O-])cc2N1. The first-order chi connectivity index (χ1) is 10.1. The highest BCUT2D eigenvalue weighted by atomic mass is 16.6. The van der Waals surface area contributed by atoms with Crippen molar-refractivity contribution in [2.75, 3.05) is 17.2 Å². The van der Waals surface area contributed by atoms with Crippen LogP contribution in [0.3, 0.4) is 0 Å². The van der Waals surface area contributed by atoms with Crippen LogP contribution in [0.4, 0.5) is 17.1 Å². The fourth-order valence-electron chi connectivity index (χ4n) is 2.73. The molecule has 0 radical (unpaired) electrons. The van der Waals surface area contributed by atoms with Crippen LogP contribution in [-0.2, 0) is 11.2 Å². The van der Waals surface area contributed by atoms with Crippen molar-refractivity contribution in [2.24, 2.45) is 5.92 Å². The molecule has 1 aliphatic carbocycles. The van der Waals surface area contributed by atoms with Crippen LogP contribution in [0.15, 0.2) is 12.1 Å². The summed E-state index contributed by atoms with van der Waals surface area (Å²) in [6.07, 6.45) is 5.97. The van der Waals surface area contributed by atoms with Gasteiger partial charge in [0.05, 0.1) is 10.6 Å². The van der Waals surface area contributed by atoms with Crippen molar-refractivity contribution in [3.8, 4) is 0 Å². The van der Waals surface area contributed by atoms with Crippen molar-refractivity contribution in [3.05, 3.63) is 27.8 Å². The molecule has 3 rings (SSSR count). The summed E-state index contributed by atoms with van der Waals surface area (Å²) in [5.74, 6) is 0.794. The van der Waals surface area contributed by atoms with Gasteiger partial charge in [-0.3, -0.25) is 14.9 Å². The zero-order valence-corrected chi connectivity index (χ0v) is 11.9. The summed E-state index contributed by atoms with van der Waals surface area (Å²) in [5.41, 5.74) is 2.12. The second kappa shape index (κ2) is 5.71. The third-order valence-electron chi connectivity index (χ3n) is 4.12. The third kappa shape index (κ3) is 3.32. The van der Waals surface area contributed by atoms with Gasteiger partial charge in [0.25, 0.3) is 5.69 Å². The lowest BCUT2D eigenvalue weighted by Crippen LogP contribution is -2.19. The van der Waals surface area contributed by atoms with E-state index in [4.69, 9.17) is 0 Å². The number of anilines is 2. The topological polar surface area (TPSA) is 84.3 Å². The van der Waals surface area contributed by atoms with Crippen molar-refractivity contribution < 1.29 is 9.72 Å². The van der Waals surface area contributed by atoms with Gasteiger partial charge in [0.15, 0.2) is 0 Å². The molecule has 1 aliphatic heterocycles. The molecule has 112 valence electrons. The molecule has 0 spiro atoms. The van der Waals surface area contributed by atoms with Crippen LogP contribution in [0.5, 0.6) is 0 Å². The Balaban J connectivity index is 1.73. The van der Waals surface area contributed by atoms with Gasteiger partial charge in [-0.1, -0.05) is 12.8 Å². The Labute approximate surface area is 123 Å². The van der Waals surface area contributed by atoms with E-state index in [2.05, 4.69) is 10.6 Å². The Morgan fingerprint density at radius 2 is 2.14 bits per heavy atom. The Kier molecular flexibility index (Phi) is 3.77. The van der Waals surface area contributed by atoms with Gasteiger partial charge in [0, 0.05) is 19.0 Å². The standard InChI is InChI=1S/C15H19N3O3/c19-15-6-5-11-8-13(16-7-1-2-10-3-4-10)14(18(20)21)9-12(11)17-15/h8-10,16H,1-7H2,(H,17,19). The molecule has 0 aromatic heterocycles. The third-order valence-corrected chi connectivity index (χ3v) is 4.12. The number of amides is 1. The second-order valence-corrected chi connectivity index (χ2v) is 5.84. The molecular formula is C15H19N3O3. The monoisotopic (exact) mass is 289 g/mol. The Morgan fingerprint density at radius 1 is 1.33 bits per heavy atom. The van der Waals surface area contributed by atoms with E-state index in [1.165, 1.54) is 25.3 Å². The van der Waals surface area contributed by atoms with Crippen molar-refractivity contribution in [3.63, 3.8) is 0 Å². The van der Waals surface area contributed by atoms with E-state index >= 15 is 0 Å². The number of carbonyl (C=O) groups is 1. The van der Waals surface area contributed by atoms with Gasteiger partial charge < -0.3 is 10.6 Å². The average Bonchev–Trinajstić information content (AvgIpc) is 3.27. The molecule has 0 bridgehead atoms. The molecule has 1 aromatic rings. The van der Waals surface area contributed by atoms with Gasteiger partial charge in [-0.15, -0.1) is 0 Å². The predicted molar refractivity (Wildman–Crippen MR) is 80.5 cm³/mol. The Hall–Kier alpha value is -2.11. The highest BCUT2D eigenvalue weighted by molar-refractivity contribution is 5.95. The van der Waals surface area contributed by atoms with Crippen molar-refractivity contribution >= 4 is 23.0 Å². The van der Waals surface area contributed by atoms with Crippen molar-refractivity contribution in [2.45, 2.75) is 38.5 Å². The van der Waals surface area contributed by atoms with Crippen LogP contribution in [0, 0.1) is 16.0 Å². The normalized spacial score (nSPS) is 17.0. The number of hydrogen-bond acceptors (Lipinski definition) is 4.